The standard InChI is InChI=1S/C4H9NO.C2H2O4/c6-3-4-1-2-5-4;3-1(4)2(5)6/h4-6H,1-3H2;(H,3,4)(H,5,6)/t4-;/m0./s1. The van der Waals surface area contributed by atoms with E-state index in [9.17, 15) is 0 Å². The van der Waals surface area contributed by atoms with Crippen molar-refractivity contribution >= 4 is 11.9 Å². The van der Waals surface area contributed by atoms with Crippen LogP contribution < -0.4 is 5.32 Å². The fourth-order valence-electron chi connectivity index (χ4n) is 0.504. The Hall–Kier alpha value is -1.14. The molecule has 0 aromatic heterocycles. The van der Waals surface area contributed by atoms with Gasteiger partial charge in [0.05, 0.1) is 6.61 Å². The molecule has 1 aliphatic rings. The number of aliphatic hydroxyl groups is 1. The number of hydrogen-bond donors (Lipinski definition) is 4. The molecule has 1 aliphatic heterocycles. The minimum absolute atomic E-state index is 0.306. The molecule has 1 rings (SSSR count). The third-order valence-electron chi connectivity index (χ3n) is 1.33. The van der Waals surface area contributed by atoms with Gasteiger partial charge in [-0.15, -0.1) is 0 Å². The van der Waals surface area contributed by atoms with E-state index in [1.54, 1.807) is 0 Å². The lowest BCUT2D eigenvalue weighted by atomic mass is 10.1. The maximum absolute atomic E-state index is 9.10. The van der Waals surface area contributed by atoms with E-state index in [-0.39, 0.29) is 0 Å². The van der Waals surface area contributed by atoms with Crippen molar-refractivity contribution in [3.8, 4) is 0 Å². The Morgan fingerprint density at radius 1 is 1.33 bits per heavy atom. The van der Waals surface area contributed by atoms with Gasteiger partial charge in [0, 0.05) is 6.04 Å². The van der Waals surface area contributed by atoms with Gasteiger partial charge in [-0.25, -0.2) is 9.59 Å². The Morgan fingerprint density at radius 3 is 1.75 bits per heavy atom. The average molecular weight is 177 g/mol. The summed E-state index contributed by atoms with van der Waals surface area (Å²) in [6, 6.07) is 0.421. The fraction of sp³-hybridized carbons (Fsp3) is 0.667. The number of nitrogens with one attached hydrogen (secondary N) is 1. The van der Waals surface area contributed by atoms with Crippen LogP contribution in [-0.4, -0.2) is 46.5 Å². The second-order valence-corrected chi connectivity index (χ2v) is 2.23. The van der Waals surface area contributed by atoms with Crippen LogP contribution in [0.5, 0.6) is 0 Å². The molecule has 1 saturated heterocycles. The highest BCUT2D eigenvalue weighted by molar-refractivity contribution is 6.27. The summed E-state index contributed by atoms with van der Waals surface area (Å²) in [5.41, 5.74) is 0. The van der Waals surface area contributed by atoms with Gasteiger partial charge in [0.15, 0.2) is 0 Å². The van der Waals surface area contributed by atoms with Crippen molar-refractivity contribution < 1.29 is 24.9 Å². The first-order chi connectivity index (χ1) is 5.57. The van der Waals surface area contributed by atoms with E-state index in [2.05, 4.69) is 5.32 Å². The molecule has 0 aromatic carbocycles. The number of rotatable bonds is 1. The van der Waals surface area contributed by atoms with Crippen molar-refractivity contribution in [2.75, 3.05) is 13.2 Å². The van der Waals surface area contributed by atoms with E-state index < -0.39 is 11.9 Å². The highest BCUT2D eigenvalue weighted by atomic mass is 16.4. The lowest BCUT2D eigenvalue weighted by Gasteiger charge is -2.24. The molecule has 70 valence electrons. The van der Waals surface area contributed by atoms with E-state index in [4.69, 9.17) is 24.9 Å². The maximum Gasteiger partial charge on any atom is 0.414 e. The van der Waals surface area contributed by atoms with Crippen LogP contribution in [0.15, 0.2) is 0 Å². The number of aliphatic hydroxyl groups excluding tert-OH is 1. The zero-order valence-electron chi connectivity index (χ0n) is 6.36. The first kappa shape index (κ1) is 10.9. The molecule has 0 aromatic rings. The molecule has 4 N–H and O–H groups in total. The molecule has 0 aliphatic carbocycles. The number of carboxylic acids is 2. The van der Waals surface area contributed by atoms with Crippen LogP contribution in [0.3, 0.4) is 0 Å². The molecule has 0 radical (unpaired) electrons. The van der Waals surface area contributed by atoms with Crippen LogP contribution in [0.4, 0.5) is 0 Å². The van der Waals surface area contributed by atoms with Crippen LogP contribution in [0.2, 0.25) is 0 Å². The quantitative estimate of drug-likeness (QED) is 0.363. The lowest BCUT2D eigenvalue weighted by Crippen LogP contribution is -2.45. The summed E-state index contributed by atoms with van der Waals surface area (Å²) in [6.45, 7) is 1.39. The predicted octanol–water partition coefficient (Wildman–Crippen LogP) is -1.50. The average Bonchev–Trinajstić information content (AvgIpc) is 1.86. The Balaban J connectivity index is 0.000000202. The normalized spacial score (nSPS) is 19.9. The van der Waals surface area contributed by atoms with Crippen LogP contribution in [-0.2, 0) is 9.59 Å². The van der Waals surface area contributed by atoms with Gasteiger partial charge in [0.2, 0.25) is 0 Å². The van der Waals surface area contributed by atoms with Crippen molar-refractivity contribution in [2.24, 2.45) is 0 Å². The van der Waals surface area contributed by atoms with Gasteiger partial charge in [-0.1, -0.05) is 0 Å². The number of carbonyl (C=O) groups is 2. The lowest BCUT2D eigenvalue weighted by molar-refractivity contribution is -0.159. The Kier molecular flexibility index (Phi) is 4.98. The van der Waals surface area contributed by atoms with Gasteiger partial charge in [0.1, 0.15) is 0 Å². The van der Waals surface area contributed by atoms with E-state index in [1.807, 2.05) is 0 Å². The topological polar surface area (TPSA) is 107 Å². The largest absolute Gasteiger partial charge is 0.473 e. The van der Waals surface area contributed by atoms with E-state index in [1.165, 1.54) is 0 Å². The third kappa shape index (κ3) is 4.64. The molecular formula is C6H11NO5. The Bertz CT molecular complexity index is 151. The van der Waals surface area contributed by atoms with Gasteiger partial charge < -0.3 is 20.6 Å². The van der Waals surface area contributed by atoms with Gasteiger partial charge in [-0.2, -0.15) is 0 Å². The minimum atomic E-state index is -1.82. The summed E-state index contributed by atoms with van der Waals surface area (Å²) in [6.07, 6.45) is 1.15. The molecular weight excluding hydrogens is 166 g/mol. The number of hydrogen-bond acceptors (Lipinski definition) is 4. The Labute approximate surface area is 68.8 Å². The van der Waals surface area contributed by atoms with Crippen molar-refractivity contribution in [3.63, 3.8) is 0 Å². The summed E-state index contributed by atoms with van der Waals surface area (Å²) in [5.74, 6) is -3.65. The van der Waals surface area contributed by atoms with Crippen molar-refractivity contribution in [1.29, 1.82) is 0 Å². The smallest absolute Gasteiger partial charge is 0.414 e. The van der Waals surface area contributed by atoms with Gasteiger partial charge in [0.25, 0.3) is 0 Å². The number of aliphatic carboxylic acids is 2. The molecule has 0 bridgehead atoms. The molecule has 0 saturated carbocycles. The molecule has 0 spiro atoms. The second-order valence-electron chi connectivity index (χ2n) is 2.23. The summed E-state index contributed by atoms with van der Waals surface area (Å²) in [5, 5.41) is 26.2. The third-order valence-corrected chi connectivity index (χ3v) is 1.33. The van der Waals surface area contributed by atoms with Crippen molar-refractivity contribution in [3.05, 3.63) is 0 Å². The Morgan fingerprint density at radius 2 is 1.75 bits per heavy atom. The van der Waals surface area contributed by atoms with Crippen LogP contribution in [0.1, 0.15) is 6.42 Å². The molecule has 12 heavy (non-hydrogen) atoms. The van der Waals surface area contributed by atoms with Crippen LogP contribution >= 0.6 is 0 Å². The molecule has 0 unspecified atom stereocenters. The number of carboxylic acid groups (broad SMARTS) is 2. The second kappa shape index (κ2) is 5.50. The minimum Gasteiger partial charge on any atom is -0.473 e. The van der Waals surface area contributed by atoms with Crippen molar-refractivity contribution in [2.45, 2.75) is 12.5 Å². The molecule has 6 heteroatoms. The first-order valence-electron chi connectivity index (χ1n) is 3.38. The summed E-state index contributed by atoms with van der Waals surface area (Å²) >= 11 is 0. The highest BCUT2D eigenvalue weighted by Crippen LogP contribution is 1.97. The molecule has 1 atom stereocenters. The van der Waals surface area contributed by atoms with Gasteiger partial charge in [-0.05, 0) is 13.0 Å². The predicted molar refractivity (Wildman–Crippen MR) is 38.8 cm³/mol. The highest BCUT2D eigenvalue weighted by Gasteiger charge is 2.13. The summed E-state index contributed by atoms with van der Waals surface area (Å²) in [4.78, 5) is 18.2. The van der Waals surface area contributed by atoms with Gasteiger partial charge in [-0.3, -0.25) is 0 Å². The monoisotopic (exact) mass is 177 g/mol. The zero-order chi connectivity index (χ0) is 9.56. The summed E-state index contributed by atoms with van der Waals surface area (Å²) < 4.78 is 0. The maximum atomic E-state index is 9.10. The van der Waals surface area contributed by atoms with E-state index in [0.29, 0.717) is 12.6 Å². The molecule has 1 heterocycles. The van der Waals surface area contributed by atoms with E-state index in [0.717, 1.165) is 13.0 Å². The van der Waals surface area contributed by atoms with Gasteiger partial charge >= 0.3 is 11.9 Å². The summed E-state index contributed by atoms with van der Waals surface area (Å²) in [7, 11) is 0. The SMILES string of the molecule is O=C(O)C(=O)O.OC[C@@H]1CCN1. The first-order valence-corrected chi connectivity index (χ1v) is 3.38. The molecule has 0 amide bonds. The van der Waals surface area contributed by atoms with Crippen molar-refractivity contribution in [1.82, 2.24) is 5.32 Å². The van der Waals surface area contributed by atoms with Crippen LogP contribution in [0, 0.1) is 0 Å². The molecule has 1 fully saturated rings. The zero-order valence-corrected chi connectivity index (χ0v) is 6.36. The fourth-order valence-corrected chi connectivity index (χ4v) is 0.504. The van der Waals surface area contributed by atoms with E-state index >= 15 is 0 Å². The van der Waals surface area contributed by atoms with Crippen LogP contribution in [0.25, 0.3) is 0 Å². The molecule has 6 nitrogen and oxygen atoms in total.